The molecule has 51 heavy (non-hydrogen) atoms. The summed E-state index contributed by atoms with van der Waals surface area (Å²) < 4.78 is 5.99. The summed E-state index contributed by atoms with van der Waals surface area (Å²) in [6.07, 6.45) is 39.2. The van der Waals surface area contributed by atoms with Crippen molar-refractivity contribution in [3.63, 3.8) is 0 Å². The number of aliphatic carboxylic acids is 1. The van der Waals surface area contributed by atoms with Crippen molar-refractivity contribution in [2.75, 3.05) is 13.2 Å². The highest BCUT2D eigenvalue weighted by molar-refractivity contribution is 5.87. The Morgan fingerprint density at radius 2 is 1.06 bits per heavy atom. The summed E-state index contributed by atoms with van der Waals surface area (Å²) in [6, 6.07) is -1.38. The maximum Gasteiger partial charge on any atom is 0.328 e. The first kappa shape index (κ1) is 48.3. The van der Waals surface area contributed by atoms with E-state index in [0.29, 0.717) is 19.3 Å². The van der Waals surface area contributed by atoms with E-state index >= 15 is 0 Å². The third-order valence-electron chi connectivity index (χ3n) is 9.20. The predicted molar refractivity (Wildman–Crippen MR) is 208 cm³/mol. The minimum atomic E-state index is -1.38. The van der Waals surface area contributed by atoms with Gasteiger partial charge in [-0.2, -0.15) is 0 Å². The van der Waals surface area contributed by atoms with Crippen molar-refractivity contribution >= 4 is 23.8 Å². The summed E-state index contributed by atoms with van der Waals surface area (Å²) in [5.41, 5.74) is 0. The molecule has 2 amide bonds. The molecule has 0 aliphatic heterocycles. The summed E-state index contributed by atoms with van der Waals surface area (Å²) >= 11 is 0. The molecule has 0 aromatic rings. The van der Waals surface area contributed by atoms with Crippen LogP contribution in [0, 0.1) is 0 Å². The first-order chi connectivity index (χ1) is 24.8. The van der Waals surface area contributed by atoms with Gasteiger partial charge in [0.1, 0.15) is 12.1 Å². The maximum absolute atomic E-state index is 12.7. The molecular weight excluding hydrogens is 644 g/mol. The molecule has 0 aromatic carbocycles. The van der Waals surface area contributed by atoms with Gasteiger partial charge in [-0.05, 0) is 70.6 Å². The smallest absolute Gasteiger partial charge is 0.328 e. The van der Waals surface area contributed by atoms with Crippen LogP contribution in [0.5, 0.6) is 0 Å². The van der Waals surface area contributed by atoms with Crippen LogP contribution >= 0.6 is 0 Å². The Kier molecular flexibility index (Phi) is 35.1. The van der Waals surface area contributed by atoms with E-state index in [1.807, 2.05) is 0 Å². The Morgan fingerprint density at radius 3 is 1.59 bits per heavy atom. The van der Waals surface area contributed by atoms with Crippen LogP contribution in [-0.4, -0.2) is 59.3 Å². The number of amides is 2. The molecule has 0 aliphatic rings. The topological polar surface area (TPSA) is 142 Å². The average molecular weight is 721 g/mol. The van der Waals surface area contributed by atoms with Crippen molar-refractivity contribution in [2.45, 2.75) is 206 Å². The molecule has 0 rings (SSSR count). The van der Waals surface area contributed by atoms with Gasteiger partial charge in [-0.15, -0.1) is 0 Å². The zero-order chi connectivity index (χ0) is 37.6. The second kappa shape index (κ2) is 37.1. The van der Waals surface area contributed by atoms with Gasteiger partial charge >= 0.3 is 11.9 Å². The first-order valence-electron chi connectivity index (χ1n) is 20.7. The number of allylic oxidation sites excluding steroid dienone is 4. The summed E-state index contributed by atoms with van der Waals surface area (Å²) in [4.78, 5) is 47.4. The molecule has 0 aliphatic carbocycles. The van der Waals surface area contributed by atoms with Crippen molar-refractivity contribution in [1.29, 1.82) is 0 Å². The molecule has 0 saturated carbocycles. The molecule has 0 bridgehead atoms. The minimum Gasteiger partial charge on any atom is -0.480 e. The highest BCUT2D eigenvalue weighted by Crippen LogP contribution is 2.18. The van der Waals surface area contributed by atoms with Crippen LogP contribution < -0.4 is 10.6 Å². The Hall–Kier alpha value is -2.68. The normalized spacial score (nSPS) is 12.7. The van der Waals surface area contributed by atoms with E-state index in [2.05, 4.69) is 48.8 Å². The molecule has 0 spiro atoms. The lowest BCUT2D eigenvalue weighted by molar-refractivity contribution is -0.150. The lowest BCUT2D eigenvalue weighted by Crippen LogP contribution is -2.47. The van der Waals surface area contributed by atoms with Gasteiger partial charge in [-0.1, -0.05) is 134 Å². The molecule has 0 fully saturated rings. The lowest BCUT2D eigenvalue weighted by Gasteiger charge is -2.18. The van der Waals surface area contributed by atoms with Crippen LogP contribution in [0.25, 0.3) is 0 Å². The zero-order valence-corrected chi connectivity index (χ0v) is 32.6. The van der Waals surface area contributed by atoms with Gasteiger partial charge in [0.15, 0.2) is 0 Å². The Labute approximate surface area is 311 Å². The number of hydrogen-bond acceptors (Lipinski definition) is 6. The van der Waals surface area contributed by atoms with Crippen molar-refractivity contribution < 1.29 is 34.1 Å². The maximum atomic E-state index is 12.7. The third kappa shape index (κ3) is 34.2. The molecule has 4 N–H and O–H groups in total. The largest absolute Gasteiger partial charge is 0.480 e. The number of hydrogen-bond donors (Lipinski definition) is 4. The molecule has 9 heteroatoms. The molecule has 2 unspecified atom stereocenters. The fourth-order valence-electron chi connectivity index (χ4n) is 5.98. The number of ether oxygens (including phenoxy) is 1. The number of carboxylic acids is 1. The van der Waals surface area contributed by atoms with Crippen LogP contribution in [0.15, 0.2) is 24.3 Å². The quantitative estimate of drug-likeness (QED) is 0.0284. The van der Waals surface area contributed by atoms with Gasteiger partial charge in [-0.3, -0.25) is 14.4 Å². The highest BCUT2D eigenvalue weighted by Gasteiger charge is 2.19. The van der Waals surface area contributed by atoms with Crippen molar-refractivity contribution in [3.8, 4) is 0 Å². The molecule has 0 saturated heterocycles. The minimum absolute atomic E-state index is 0.0299. The number of carboxylic acid groups (broad SMARTS) is 1. The summed E-state index contributed by atoms with van der Waals surface area (Å²) in [7, 11) is 0. The molecule has 0 aromatic heterocycles. The number of esters is 1. The standard InChI is InChI=1S/C42H76N2O7/c1-3-5-7-9-11-13-14-15-16-17-18-19-20-23-27-31-37(51-41(48)34-30-26-21-12-10-8-6-4-2)32-28-24-22-25-29-33-39(46)43-35-40(47)44-38(36-45)42(49)50/h14-15,17-18,37-38,45H,3-13,16,19-36H2,1-2H3,(H,43,46)(H,44,47)(H,49,50)/b15-14-,18-17-. The molecule has 0 radical (unpaired) electrons. The Bertz CT molecular complexity index is 921. The predicted octanol–water partition coefficient (Wildman–Crippen LogP) is 9.65. The zero-order valence-electron chi connectivity index (χ0n) is 32.6. The van der Waals surface area contributed by atoms with E-state index < -0.39 is 24.5 Å². The van der Waals surface area contributed by atoms with E-state index in [1.165, 1.54) is 77.0 Å². The van der Waals surface area contributed by atoms with Gasteiger partial charge in [0.05, 0.1) is 13.2 Å². The monoisotopic (exact) mass is 721 g/mol. The van der Waals surface area contributed by atoms with E-state index in [4.69, 9.17) is 14.9 Å². The van der Waals surface area contributed by atoms with Crippen LogP contribution in [0.4, 0.5) is 0 Å². The third-order valence-corrected chi connectivity index (χ3v) is 9.20. The van der Waals surface area contributed by atoms with E-state index in [-0.39, 0.29) is 24.5 Å². The number of unbranched alkanes of at least 4 members (excludes halogenated alkanes) is 19. The van der Waals surface area contributed by atoms with Gasteiger partial charge in [0.2, 0.25) is 11.8 Å². The SMILES string of the molecule is CCCCCCC/C=C\C/C=C\CCCCCC(CCCCCCCC(=O)NCC(=O)NC(CO)C(=O)O)OC(=O)CCCCCCCCCC. The number of aliphatic hydroxyl groups is 1. The van der Waals surface area contributed by atoms with E-state index in [9.17, 15) is 19.2 Å². The van der Waals surface area contributed by atoms with Crippen LogP contribution in [0.3, 0.4) is 0 Å². The molecule has 2 atom stereocenters. The lowest BCUT2D eigenvalue weighted by atomic mass is 10.0. The second-order valence-corrected chi connectivity index (χ2v) is 14.1. The molecule has 296 valence electrons. The van der Waals surface area contributed by atoms with E-state index in [1.54, 1.807) is 0 Å². The Morgan fingerprint density at radius 1 is 0.588 bits per heavy atom. The molecular formula is C42H76N2O7. The number of carbonyl (C=O) groups is 4. The molecule has 9 nitrogen and oxygen atoms in total. The summed E-state index contributed by atoms with van der Waals surface area (Å²) in [6.45, 7) is 3.45. The molecule has 0 heterocycles. The average Bonchev–Trinajstić information content (AvgIpc) is 3.11. The van der Waals surface area contributed by atoms with Gasteiger partial charge in [-0.25, -0.2) is 4.79 Å². The fourth-order valence-corrected chi connectivity index (χ4v) is 5.98. The van der Waals surface area contributed by atoms with E-state index in [0.717, 1.165) is 83.5 Å². The number of rotatable bonds is 37. The second-order valence-electron chi connectivity index (χ2n) is 14.1. The number of nitrogens with one attached hydrogen (secondary N) is 2. The van der Waals surface area contributed by atoms with Crippen molar-refractivity contribution in [1.82, 2.24) is 10.6 Å². The first-order valence-corrected chi connectivity index (χ1v) is 20.7. The number of carbonyl (C=O) groups excluding carboxylic acids is 3. The van der Waals surface area contributed by atoms with Crippen molar-refractivity contribution in [3.05, 3.63) is 24.3 Å². The van der Waals surface area contributed by atoms with Crippen molar-refractivity contribution in [2.24, 2.45) is 0 Å². The summed E-state index contributed by atoms with van der Waals surface area (Å²) in [5, 5.41) is 22.5. The summed E-state index contributed by atoms with van der Waals surface area (Å²) in [5.74, 6) is -2.31. The highest BCUT2D eigenvalue weighted by atomic mass is 16.5. The van der Waals surface area contributed by atoms with Gasteiger partial charge in [0, 0.05) is 12.8 Å². The van der Waals surface area contributed by atoms with Gasteiger partial charge < -0.3 is 25.6 Å². The van der Waals surface area contributed by atoms with Gasteiger partial charge in [0.25, 0.3) is 0 Å². The van der Waals surface area contributed by atoms with Crippen LogP contribution in [0.2, 0.25) is 0 Å². The van der Waals surface area contributed by atoms with Crippen LogP contribution in [0.1, 0.15) is 194 Å². The Balaban J connectivity index is 4.33. The number of aliphatic hydroxyl groups excluding tert-OH is 1. The van der Waals surface area contributed by atoms with Crippen LogP contribution in [-0.2, 0) is 23.9 Å². The fraction of sp³-hybridized carbons (Fsp3) is 0.810.